The number of hydrogen-bond acceptors (Lipinski definition) is 4. The molecule has 7 heteroatoms. The lowest BCUT2D eigenvalue weighted by atomic mass is 10.3. The van der Waals surface area contributed by atoms with Crippen LogP contribution in [0, 0.1) is 11.3 Å². The molecule has 1 aromatic heterocycles. The molecular formula is C11H11N3O4. The molecule has 0 saturated carbocycles. The number of amides is 1. The fourth-order valence-electron chi connectivity index (χ4n) is 1.25. The van der Waals surface area contributed by atoms with Crippen molar-refractivity contribution in [1.82, 2.24) is 9.88 Å². The normalized spacial score (nSPS) is 9.50. The van der Waals surface area contributed by atoms with Crippen LogP contribution in [-0.4, -0.2) is 28.1 Å². The Labute approximate surface area is 102 Å². The molecule has 0 aliphatic heterocycles. The van der Waals surface area contributed by atoms with Crippen LogP contribution >= 0.6 is 0 Å². The lowest BCUT2D eigenvalue weighted by Gasteiger charge is -2.06. The van der Waals surface area contributed by atoms with Crippen molar-refractivity contribution in [3.8, 4) is 6.07 Å². The molecule has 1 heterocycles. The van der Waals surface area contributed by atoms with E-state index in [0.717, 1.165) is 16.8 Å². The number of nitrogens with zero attached hydrogens (tertiary/aromatic N) is 2. The molecule has 0 aliphatic rings. The van der Waals surface area contributed by atoms with Crippen molar-refractivity contribution < 1.29 is 14.7 Å². The smallest absolute Gasteiger partial charge is 0.337 e. The maximum Gasteiger partial charge on any atom is 0.337 e. The van der Waals surface area contributed by atoms with E-state index in [9.17, 15) is 14.4 Å². The molecule has 1 aromatic rings. The van der Waals surface area contributed by atoms with Crippen LogP contribution in [0.15, 0.2) is 23.1 Å². The first kappa shape index (κ1) is 13.4. The number of carbonyl (C=O) groups is 2. The first-order valence-corrected chi connectivity index (χ1v) is 5.12. The highest BCUT2D eigenvalue weighted by atomic mass is 16.4. The van der Waals surface area contributed by atoms with Crippen LogP contribution in [0.4, 0.5) is 0 Å². The van der Waals surface area contributed by atoms with Gasteiger partial charge in [0.15, 0.2) is 0 Å². The molecule has 0 atom stereocenters. The van der Waals surface area contributed by atoms with Crippen LogP contribution in [0.3, 0.4) is 0 Å². The van der Waals surface area contributed by atoms with Crippen molar-refractivity contribution >= 4 is 11.9 Å². The maximum atomic E-state index is 11.4. The zero-order chi connectivity index (χ0) is 13.5. The minimum absolute atomic E-state index is 0.0700. The van der Waals surface area contributed by atoms with Crippen molar-refractivity contribution in [1.29, 1.82) is 5.26 Å². The van der Waals surface area contributed by atoms with E-state index >= 15 is 0 Å². The summed E-state index contributed by atoms with van der Waals surface area (Å²) in [6, 6.07) is 4.13. The second kappa shape index (κ2) is 6.20. The number of aromatic nitrogens is 1. The zero-order valence-electron chi connectivity index (χ0n) is 9.42. The van der Waals surface area contributed by atoms with Crippen LogP contribution < -0.4 is 10.9 Å². The first-order valence-electron chi connectivity index (χ1n) is 5.12. The molecule has 7 nitrogen and oxygen atoms in total. The van der Waals surface area contributed by atoms with Gasteiger partial charge < -0.3 is 15.0 Å². The molecule has 0 aliphatic carbocycles. The van der Waals surface area contributed by atoms with Gasteiger partial charge in [-0.2, -0.15) is 5.26 Å². The second-order valence-corrected chi connectivity index (χ2v) is 3.45. The van der Waals surface area contributed by atoms with E-state index in [4.69, 9.17) is 10.4 Å². The quantitative estimate of drug-likeness (QED) is 0.688. The van der Waals surface area contributed by atoms with Crippen LogP contribution in [-0.2, 0) is 11.3 Å². The number of rotatable bonds is 5. The van der Waals surface area contributed by atoms with Gasteiger partial charge in [0.05, 0.1) is 18.1 Å². The van der Waals surface area contributed by atoms with Crippen LogP contribution in [0.5, 0.6) is 0 Å². The summed E-state index contributed by atoms with van der Waals surface area (Å²) in [6.07, 6.45) is 1.28. The molecule has 0 bridgehead atoms. The van der Waals surface area contributed by atoms with Crippen LogP contribution in [0.1, 0.15) is 16.8 Å². The van der Waals surface area contributed by atoms with E-state index in [1.165, 1.54) is 6.07 Å². The Hall–Kier alpha value is -2.62. The third kappa shape index (κ3) is 3.75. The standard InChI is InChI=1S/C11H11N3O4/c12-4-1-5-13-9(15)7-14-6-8(11(17)18)2-3-10(14)16/h2-3,6H,1,5,7H2,(H,13,15)(H,17,18). The van der Waals surface area contributed by atoms with Gasteiger partial charge in [0.1, 0.15) is 6.54 Å². The van der Waals surface area contributed by atoms with Gasteiger partial charge in [-0.1, -0.05) is 0 Å². The zero-order valence-corrected chi connectivity index (χ0v) is 9.42. The Morgan fingerprint density at radius 3 is 2.78 bits per heavy atom. The lowest BCUT2D eigenvalue weighted by molar-refractivity contribution is -0.121. The molecule has 2 N–H and O–H groups in total. The summed E-state index contributed by atoms with van der Waals surface area (Å²) in [5, 5.41) is 19.5. The van der Waals surface area contributed by atoms with Gasteiger partial charge in [0, 0.05) is 18.8 Å². The molecule has 0 radical (unpaired) electrons. The number of aromatic carboxylic acids is 1. The summed E-state index contributed by atoms with van der Waals surface area (Å²) in [5.74, 6) is -1.62. The number of nitrogens with one attached hydrogen (secondary N) is 1. The van der Waals surface area contributed by atoms with Gasteiger partial charge in [-0.15, -0.1) is 0 Å². The summed E-state index contributed by atoms with van der Waals surface area (Å²) in [7, 11) is 0. The van der Waals surface area contributed by atoms with Gasteiger partial charge in [-0.3, -0.25) is 9.59 Å². The average Bonchev–Trinajstić information content (AvgIpc) is 2.32. The lowest BCUT2D eigenvalue weighted by Crippen LogP contribution is -2.32. The predicted molar refractivity (Wildman–Crippen MR) is 60.9 cm³/mol. The van der Waals surface area contributed by atoms with E-state index < -0.39 is 17.4 Å². The van der Waals surface area contributed by atoms with Gasteiger partial charge in [0.2, 0.25) is 5.91 Å². The monoisotopic (exact) mass is 249 g/mol. The van der Waals surface area contributed by atoms with Crippen molar-refractivity contribution in [2.75, 3.05) is 6.54 Å². The van der Waals surface area contributed by atoms with Gasteiger partial charge in [0.25, 0.3) is 5.56 Å². The van der Waals surface area contributed by atoms with Gasteiger partial charge >= 0.3 is 5.97 Å². The molecule has 18 heavy (non-hydrogen) atoms. The Morgan fingerprint density at radius 2 is 2.17 bits per heavy atom. The molecule has 0 aromatic carbocycles. The fraction of sp³-hybridized carbons (Fsp3) is 0.273. The molecule has 0 fully saturated rings. The maximum absolute atomic E-state index is 11.4. The highest BCUT2D eigenvalue weighted by Gasteiger charge is 2.08. The predicted octanol–water partition coefficient (Wildman–Crippen LogP) is -0.424. The summed E-state index contributed by atoms with van der Waals surface area (Å²) in [5.41, 5.74) is -0.533. The molecule has 1 rings (SSSR count). The highest BCUT2D eigenvalue weighted by Crippen LogP contribution is 1.95. The number of pyridine rings is 1. The van der Waals surface area contributed by atoms with E-state index in [0.29, 0.717) is 0 Å². The second-order valence-electron chi connectivity index (χ2n) is 3.45. The molecule has 1 amide bonds. The van der Waals surface area contributed by atoms with Crippen LogP contribution in [0.25, 0.3) is 0 Å². The van der Waals surface area contributed by atoms with Gasteiger partial charge in [-0.05, 0) is 6.07 Å². The third-order valence-corrected chi connectivity index (χ3v) is 2.10. The number of carboxylic acid groups (broad SMARTS) is 1. The van der Waals surface area contributed by atoms with E-state index in [-0.39, 0.29) is 25.1 Å². The summed E-state index contributed by atoms with van der Waals surface area (Å²) >= 11 is 0. The largest absolute Gasteiger partial charge is 0.478 e. The summed E-state index contributed by atoms with van der Waals surface area (Å²) in [6.45, 7) is -0.0753. The fourth-order valence-corrected chi connectivity index (χ4v) is 1.25. The Balaban J connectivity index is 2.75. The van der Waals surface area contributed by atoms with Crippen molar-refractivity contribution in [3.63, 3.8) is 0 Å². The third-order valence-electron chi connectivity index (χ3n) is 2.10. The molecular weight excluding hydrogens is 238 g/mol. The molecule has 0 spiro atoms. The highest BCUT2D eigenvalue weighted by molar-refractivity contribution is 5.87. The van der Waals surface area contributed by atoms with E-state index in [2.05, 4.69) is 5.32 Å². The number of carbonyl (C=O) groups excluding carboxylic acids is 1. The number of nitriles is 1. The number of carboxylic acids is 1. The minimum Gasteiger partial charge on any atom is -0.478 e. The van der Waals surface area contributed by atoms with Crippen molar-refractivity contribution in [3.05, 3.63) is 34.2 Å². The van der Waals surface area contributed by atoms with Crippen molar-refractivity contribution in [2.24, 2.45) is 0 Å². The van der Waals surface area contributed by atoms with Crippen molar-refractivity contribution in [2.45, 2.75) is 13.0 Å². The number of hydrogen-bond donors (Lipinski definition) is 2. The molecule has 0 saturated heterocycles. The Kier molecular flexibility index (Phi) is 4.63. The first-order chi connectivity index (χ1) is 8.54. The SMILES string of the molecule is N#CCCNC(=O)Cn1cc(C(=O)O)ccc1=O. The minimum atomic E-state index is -1.17. The van der Waals surface area contributed by atoms with E-state index in [1.807, 2.05) is 6.07 Å². The Morgan fingerprint density at radius 1 is 1.44 bits per heavy atom. The summed E-state index contributed by atoms with van der Waals surface area (Å²) in [4.78, 5) is 33.5. The Bertz CT molecular complexity index is 556. The van der Waals surface area contributed by atoms with Crippen LogP contribution in [0.2, 0.25) is 0 Å². The van der Waals surface area contributed by atoms with Gasteiger partial charge in [-0.25, -0.2) is 4.79 Å². The summed E-state index contributed by atoms with van der Waals surface area (Å²) < 4.78 is 1.01. The molecule has 94 valence electrons. The van der Waals surface area contributed by atoms with E-state index in [1.54, 1.807) is 0 Å². The molecule has 0 unspecified atom stereocenters. The average molecular weight is 249 g/mol. The topological polar surface area (TPSA) is 112 Å².